The molecule has 3 rings (SSSR count). The molecule has 1 aliphatic rings. The lowest BCUT2D eigenvalue weighted by molar-refractivity contribution is 0.0665. The van der Waals surface area contributed by atoms with Crippen molar-refractivity contribution < 1.29 is 4.79 Å². The van der Waals surface area contributed by atoms with Gasteiger partial charge in [-0.25, -0.2) is 14.6 Å². The van der Waals surface area contributed by atoms with E-state index in [-0.39, 0.29) is 11.9 Å². The number of rotatable bonds is 2. The minimum atomic E-state index is -0.0956. The number of aromatic nitrogens is 4. The van der Waals surface area contributed by atoms with Crippen LogP contribution in [0.5, 0.6) is 0 Å². The van der Waals surface area contributed by atoms with Crippen LogP contribution in [0.4, 0.5) is 0 Å². The first-order chi connectivity index (χ1) is 11.5. The van der Waals surface area contributed by atoms with Crippen molar-refractivity contribution in [2.24, 2.45) is 0 Å². The largest absolute Gasteiger partial charge is 0.335 e. The van der Waals surface area contributed by atoms with Crippen molar-refractivity contribution in [3.05, 3.63) is 40.7 Å². The number of carbonyl (C=O) groups is 1. The van der Waals surface area contributed by atoms with Crippen LogP contribution in [0.25, 0.3) is 0 Å². The van der Waals surface area contributed by atoms with Crippen LogP contribution in [0.15, 0.2) is 12.1 Å². The second kappa shape index (κ2) is 6.40. The first kappa shape index (κ1) is 16.1. The number of pyridine rings is 1. The molecule has 3 heterocycles. The van der Waals surface area contributed by atoms with Crippen molar-refractivity contribution in [1.82, 2.24) is 24.6 Å². The van der Waals surface area contributed by atoms with Crippen molar-refractivity contribution in [3.8, 4) is 6.07 Å². The van der Waals surface area contributed by atoms with E-state index in [0.29, 0.717) is 30.0 Å². The van der Waals surface area contributed by atoms with E-state index in [0.717, 1.165) is 24.5 Å². The summed E-state index contributed by atoms with van der Waals surface area (Å²) in [6.45, 7) is 6.87. The zero-order valence-electron chi connectivity index (χ0n) is 14.2. The lowest BCUT2D eigenvalue weighted by atomic mass is 10.1. The molecule has 2 aromatic heterocycles. The number of nitriles is 1. The van der Waals surface area contributed by atoms with Crippen molar-refractivity contribution in [2.45, 2.75) is 39.7 Å². The molecule has 1 saturated heterocycles. The molecule has 0 aliphatic carbocycles. The second-order valence-corrected chi connectivity index (χ2v) is 6.14. The maximum absolute atomic E-state index is 12.8. The Morgan fingerprint density at radius 1 is 1.29 bits per heavy atom. The molecule has 1 fully saturated rings. The summed E-state index contributed by atoms with van der Waals surface area (Å²) in [4.78, 5) is 23.2. The van der Waals surface area contributed by atoms with Gasteiger partial charge in [0.1, 0.15) is 23.4 Å². The zero-order valence-corrected chi connectivity index (χ0v) is 14.2. The highest BCUT2D eigenvalue weighted by Gasteiger charge is 2.28. The number of hydrogen-bond acceptors (Lipinski definition) is 5. The van der Waals surface area contributed by atoms with Crippen LogP contribution in [0.3, 0.4) is 0 Å². The van der Waals surface area contributed by atoms with E-state index in [4.69, 9.17) is 5.26 Å². The molecule has 0 N–H and O–H groups in total. The average Bonchev–Trinajstić information content (AvgIpc) is 2.92. The Balaban J connectivity index is 1.79. The minimum Gasteiger partial charge on any atom is -0.335 e. The molecule has 1 aliphatic heterocycles. The third-order valence-corrected chi connectivity index (χ3v) is 4.36. The van der Waals surface area contributed by atoms with Gasteiger partial charge in [-0.05, 0) is 45.7 Å². The standard InChI is InChI=1S/C17H20N6O/c1-11-14(9-18)6-7-16(19-11)17(24)22-8-4-5-15(10-22)23-13(3)20-12(2)21-23/h6-7,15H,4-5,8,10H2,1-3H3. The molecule has 124 valence electrons. The third kappa shape index (κ3) is 3.00. The van der Waals surface area contributed by atoms with E-state index in [1.807, 2.05) is 23.4 Å². The molecule has 24 heavy (non-hydrogen) atoms. The highest BCUT2D eigenvalue weighted by atomic mass is 16.2. The van der Waals surface area contributed by atoms with Gasteiger partial charge in [0.15, 0.2) is 0 Å². The third-order valence-electron chi connectivity index (χ3n) is 4.36. The smallest absolute Gasteiger partial charge is 0.272 e. The van der Waals surface area contributed by atoms with Crippen LogP contribution in [0.1, 0.15) is 52.3 Å². The highest BCUT2D eigenvalue weighted by Crippen LogP contribution is 2.23. The highest BCUT2D eigenvalue weighted by molar-refractivity contribution is 5.92. The van der Waals surface area contributed by atoms with Crippen LogP contribution in [0.2, 0.25) is 0 Å². The molecule has 7 nitrogen and oxygen atoms in total. The molecule has 1 amide bonds. The number of hydrogen-bond donors (Lipinski definition) is 0. The Labute approximate surface area is 140 Å². The molecule has 0 radical (unpaired) electrons. The number of carbonyl (C=O) groups excluding carboxylic acids is 1. The number of amides is 1. The summed E-state index contributed by atoms with van der Waals surface area (Å²) >= 11 is 0. The number of likely N-dealkylation sites (tertiary alicyclic amines) is 1. The fourth-order valence-corrected chi connectivity index (χ4v) is 3.18. The fraction of sp³-hybridized carbons (Fsp3) is 0.471. The number of aryl methyl sites for hydroxylation is 3. The normalized spacial score (nSPS) is 17.6. The Hall–Kier alpha value is -2.75. The van der Waals surface area contributed by atoms with Gasteiger partial charge in [0.25, 0.3) is 5.91 Å². The predicted octanol–water partition coefficient (Wildman–Crippen LogP) is 1.95. The molecule has 0 aromatic carbocycles. The van der Waals surface area contributed by atoms with E-state index < -0.39 is 0 Å². The monoisotopic (exact) mass is 324 g/mol. The van der Waals surface area contributed by atoms with Crippen molar-refractivity contribution in [2.75, 3.05) is 13.1 Å². The molecule has 7 heteroatoms. The van der Waals surface area contributed by atoms with Gasteiger partial charge in [-0.3, -0.25) is 4.79 Å². The van der Waals surface area contributed by atoms with Gasteiger partial charge in [0.2, 0.25) is 0 Å². The van der Waals surface area contributed by atoms with E-state index in [9.17, 15) is 4.79 Å². The Morgan fingerprint density at radius 3 is 2.71 bits per heavy atom. The molecule has 1 unspecified atom stereocenters. The summed E-state index contributed by atoms with van der Waals surface area (Å²) in [5, 5.41) is 13.4. The van der Waals surface area contributed by atoms with Gasteiger partial charge < -0.3 is 4.90 Å². The van der Waals surface area contributed by atoms with Crippen LogP contribution >= 0.6 is 0 Å². The van der Waals surface area contributed by atoms with Gasteiger partial charge in [0, 0.05) is 13.1 Å². The quantitative estimate of drug-likeness (QED) is 0.842. The van der Waals surface area contributed by atoms with Crippen LogP contribution in [-0.2, 0) is 0 Å². The van der Waals surface area contributed by atoms with Gasteiger partial charge in [-0.2, -0.15) is 10.4 Å². The van der Waals surface area contributed by atoms with Gasteiger partial charge >= 0.3 is 0 Å². The molecule has 2 aromatic rings. The molecular formula is C17H20N6O. The van der Waals surface area contributed by atoms with Gasteiger partial charge in [-0.1, -0.05) is 0 Å². The number of nitrogens with zero attached hydrogens (tertiary/aromatic N) is 6. The maximum atomic E-state index is 12.8. The lowest BCUT2D eigenvalue weighted by Gasteiger charge is -2.33. The Bertz CT molecular complexity index is 819. The summed E-state index contributed by atoms with van der Waals surface area (Å²) < 4.78 is 1.92. The number of piperidine rings is 1. The van der Waals surface area contributed by atoms with Crippen LogP contribution in [0, 0.1) is 32.1 Å². The molecule has 1 atom stereocenters. The average molecular weight is 324 g/mol. The Kier molecular flexibility index (Phi) is 4.30. The summed E-state index contributed by atoms with van der Waals surface area (Å²) in [7, 11) is 0. The second-order valence-electron chi connectivity index (χ2n) is 6.14. The van der Waals surface area contributed by atoms with Crippen molar-refractivity contribution in [3.63, 3.8) is 0 Å². The molecule has 0 saturated carbocycles. The first-order valence-corrected chi connectivity index (χ1v) is 8.06. The summed E-state index contributed by atoms with van der Waals surface area (Å²) in [5.74, 6) is 1.53. The van der Waals surface area contributed by atoms with Crippen molar-refractivity contribution >= 4 is 5.91 Å². The zero-order chi connectivity index (χ0) is 17.3. The van der Waals surface area contributed by atoms with E-state index in [1.165, 1.54) is 0 Å². The van der Waals surface area contributed by atoms with E-state index in [2.05, 4.69) is 21.1 Å². The van der Waals surface area contributed by atoms with Crippen molar-refractivity contribution in [1.29, 1.82) is 5.26 Å². The van der Waals surface area contributed by atoms with E-state index >= 15 is 0 Å². The van der Waals surface area contributed by atoms with Crippen LogP contribution in [-0.4, -0.2) is 43.6 Å². The van der Waals surface area contributed by atoms with Gasteiger partial charge in [0.05, 0.1) is 17.3 Å². The van der Waals surface area contributed by atoms with Crippen LogP contribution < -0.4 is 0 Å². The first-order valence-electron chi connectivity index (χ1n) is 8.06. The maximum Gasteiger partial charge on any atom is 0.272 e. The SMILES string of the molecule is Cc1nc(C)n(C2CCCN(C(=O)c3ccc(C#N)c(C)n3)C2)n1. The van der Waals surface area contributed by atoms with Gasteiger partial charge in [-0.15, -0.1) is 0 Å². The molecule has 0 spiro atoms. The summed E-state index contributed by atoms with van der Waals surface area (Å²) in [6, 6.07) is 5.50. The fourth-order valence-electron chi connectivity index (χ4n) is 3.18. The Morgan fingerprint density at radius 2 is 2.08 bits per heavy atom. The summed E-state index contributed by atoms with van der Waals surface area (Å²) in [6.07, 6.45) is 1.90. The summed E-state index contributed by atoms with van der Waals surface area (Å²) in [5.41, 5.74) is 1.47. The molecular weight excluding hydrogens is 304 g/mol. The van der Waals surface area contributed by atoms with E-state index in [1.54, 1.807) is 19.1 Å². The predicted molar refractivity (Wildman–Crippen MR) is 87.4 cm³/mol. The lowest BCUT2D eigenvalue weighted by Crippen LogP contribution is -2.41. The minimum absolute atomic E-state index is 0.0956. The topological polar surface area (TPSA) is 87.7 Å². The molecule has 0 bridgehead atoms.